The van der Waals surface area contributed by atoms with E-state index in [0.717, 1.165) is 0 Å². The molecular weight excluding hydrogens is 436 g/mol. The van der Waals surface area contributed by atoms with Crippen molar-refractivity contribution in [2.75, 3.05) is 14.1 Å². The van der Waals surface area contributed by atoms with E-state index in [1.54, 1.807) is 0 Å². The second kappa shape index (κ2) is 7.00. The maximum absolute atomic E-state index is 13.7. The number of carbonyl (C=O) groups is 5. The number of phenols is 1. The van der Waals surface area contributed by atoms with Crippen molar-refractivity contribution < 1.29 is 44.4 Å². The number of aliphatic hydroxyl groups is 3. The number of benzene rings is 1. The van der Waals surface area contributed by atoms with Gasteiger partial charge in [0.1, 0.15) is 5.75 Å². The van der Waals surface area contributed by atoms with Crippen molar-refractivity contribution in [3.63, 3.8) is 0 Å². The predicted octanol–water partition coefficient (Wildman–Crippen LogP) is -2.50. The Balaban J connectivity index is 2.01. The SMILES string of the molecule is CN(C)[C@@H]1C(=O)[C@@H](C(N)=O)C(=O)[C@@]2(O)C(=O)[C@@H]3C(=O)c4c(O)cccc4[C@@](C)(O)[C@H]3[C@H](O)[C@@H]12. The van der Waals surface area contributed by atoms with Gasteiger partial charge < -0.3 is 26.2 Å². The molecule has 1 aromatic carbocycles. The van der Waals surface area contributed by atoms with E-state index >= 15 is 0 Å². The molecule has 0 saturated heterocycles. The predicted molar refractivity (Wildman–Crippen MR) is 109 cm³/mol. The molecule has 176 valence electrons. The van der Waals surface area contributed by atoms with Gasteiger partial charge in [-0.05, 0) is 32.6 Å². The number of aromatic hydroxyl groups is 1. The number of ketones is 4. The van der Waals surface area contributed by atoms with Gasteiger partial charge >= 0.3 is 0 Å². The Kier molecular flexibility index (Phi) is 4.92. The van der Waals surface area contributed by atoms with Gasteiger partial charge in [-0.15, -0.1) is 0 Å². The van der Waals surface area contributed by atoms with Gasteiger partial charge in [-0.25, -0.2) is 0 Å². The molecule has 8 atom stereocenters. The highest BCUT2D eigenvalue weighted by Crippen LogP contribution is 2.55. The van der Waals surface area contributed by atoms with Crippen LogP contribution in [0.4, 0.5) is 0 Å². The maximum atomic E-state index is 13.7. The fraction of sp³-hybridized carbons (Fsp3) is 0.500. The number of hydrogen-bond acceptors (Lipinski definition) is 10. The van der Waals surface area contributed by atoms with E-state index in [-0.39, 0.29) is 11.1 Å². The standard InChI is InChI=1S/C22H24N2O9/c1-21(32)7-5-4-6-8(25)9(7)15(26)10-12(21)17(28)13-14(24(2)3)16(27)11(20(23)31)19(30)22(13,33)18(10)29/h4-6,10-14,17,25,28,32-33H,1-3H3,(H2,23,31)/t10-,11+,12+,13+,14-,17-,21+,22-/m0/s1. The topological polar surface area (TPSA) is 196 Å². The average molecular weight is 460 g/mol. The summed E-state index contributed by atoms with van der Waals surface area (Å²) >= 11 is 0. The minimum atomic E-state index is -3.10. The fourth-order valence-corrected chi connectivity index (χ4v) is 5.97. The number of nitrogens with two attached hydrogens (primary N) is 1. The van der Waals surface area contributed by atoms with Crippen molar-refractivity contribution in [1.82, 2.24) is 4.90 Å². The highest BCUT2D eigenvalue weighted by atomic mass is 16.3. The highest BCUT2D eigenvalue weighted by molar-refractivity contribution is 6.32. The zero-order chi connectivity index (χ0) is 24.8. The zero-order valence-corrected chi connectivity index (χ0v) is 18.1. The van der Waals surface area contributed by atoms with E-state index in [1.807, 2.05) is 0 Å². The molecule has 3 aliphatic rings. The second-order valence-corrected chi connectivity index (χ2v) is 9.37. The number of carbonyl (C=O) groups excluding carboxylic acids is 5. The molecule has 0 bridgehead atoms. The summed E-state index contributed by atoms with van der Waals surface area (Å²) in [6, 6.07) is 2.40. The minimum absolute atomic E-state index is 0.0454. The molecule has 1 aromatic rings. The average Bonchev–Trinajstić information content (AvgIpc) is 2.70. The van der Waals surface area contributed by atoms with E-state index in [4.69, 9.17) is 5.73 Å². The Morgan fingerprint density at radius 3 is 2.21 bits per heavy atom. The van der Waals surface area contributed by atoms with Crippen LogP contribution in [0.3, 0.4) is 0 Å². The number of likely N-dealkylation sites (N-methyl/N-ethyl adjacent to an activating group) is 1. The first-order valence-corrected chi connectivity index (χ1v) is 10.3. The molecule has 2 saturated carbocycles. The number of amides is 1. The van der Waals surface area contributed by atoms with Crippen LogP contribution in [-0.2, 0) is 24.8 Å². The number of aliphatic hydroxyl groups excluding tert-OH is 1. The van der Waals surface area contributed by atoms with Crippen LogP contribution in [-0.4, -0.2) is 86.2 Å². The molecule has 11 nitrogen and oxygen atoms in total. The molecule has 0 aromatic heterocycles. The normalized spacial score (nSPS) is 40.3. The monoisotopic (exact) mass is 460 g/mol. The molecular formula is C22H24N2O9. The van der Waals surface area contributed by atoms with Crippen LogP contribution in [0.2, 0.25) is 0 Å². The number of phenolic OH excluding ortho intramolecular Hbond substituents is 1. The largest absolute Gasteiger partial charge is 0.507 e. The van der Waals surface area contributed by atoms with E-state index in [1.165, 1.54) is 44.1 Å². The van der Waals surface area contributed by atoms with E-state index in [0.29, 0.717) is 0 Å². The summed E-state index contributed by atoms with van der Waals surface area (Å²) in [4.78, 5) is 66.4. The maximum Gasteiger partial charge on any atom is 0.235 e. The Bertz CT molecular complexity index is 1130. The highest BCUT2D eigenvalue weighted by Gasteiger charge is 2.74. The van der Waals surface area contributed by atoms with Gasteiger partial charge in [0.25, 0.3) is 0 Å². The third-order valence-corrected chi connectivity index (χ3v) is 7.40. The summed E-state index contributed by atoms with van der Waals surface area (Å²) in [5, 5.41) is 44.5. The Labute approximate surface area is 187 Å². The van der Waals surface area contributed by atoms with Crippen molar-refractivity contribution in [2.24, 2.45) is 29.4 Å². The van der Waals surface area contributed by atoms with Gasteiger partial charge in [-0.3, -0.25) is 28.9 Å². The summed E-state index contributed by atoms with van der Waals surface area (Å²) in [7, 11) is 2.77. The van der Waals surface area contributed by atoms with Crippen molar-refractivity contribution in [3.8, 4) is 5.75 Å². The molecule has 2 fully saturated rings. The van der Waals surface area contributed by atoms with Crippen LogP contribution < -0.4 is 5.73 Å². The molecule has 4 rings (SSSR count). The molecule has 0 spiro atoms. The van der Waals surface area contributed by atoms with Crippen LogP contribution >= 0.6 is 0 Å². The third kappa shape index (κ3) is 2.67. The second-order valence-electron chi connectivity index (χ2n) is 9.37. The van der Waals surface area contributed by atoms with Gasteiger partial charge in [-0.2, -0.15) is 0 Å². The molecule has 1 amide bonds. The smallest absolute Gasteiger partial charge is 0.235 e. The van der Waals surface area contributed by atoms with Crippen molar-refractivity contribution in [1.29, 1.82) is 0 Å². The van der Waals surface area contributed by atoms with Crippen molar-refractivity contribution in [3.05, 3.63) is 29.3 Å². The fourth-order valence-electron chi connectivity index (χ4n) is 5.97. The number of fused-ring (bicyclic) bond motifs is 3. The summed E-state index contributed by atoms with van der Waals surface area (Å²) in [6.07, 6.45) is -1.90. The van der Waals surface area contributed by atoms with Crippen LogP contribution in [0.1, 0.15) is 22.8 Å². The first kappa shape index (κ1) is 23.2. The number of primary amides is 1. The lowest BCUT2D eigenvalue weighted by Crippen LogP contribution is -2.78. The molecule has 0 aliphatic heterocycles. The van der Waals surface area contributed by atoms with Gasteiger partial charge in [0, 0.05) is 5.92 Å². The Morgan fingerprint density at radius 1 is 1.06 bits per heavy atom. The summed E-state index contributed by atoms with van der Waals surface area (Å²) < 4.78 is 0. The lowest BCUT2D eigenvalue weighted by Gasteiger charge is -2.57. The number of nitrogens with zero attached hydrogens (tertiary/aromatic N) is 1. The first-order valence-electron chi connectivity index (χ1n) is 10.3. The van der Waals surface area contributed by atoms with E-state index < -0.39 is 81.8 Å². The molecule has 33 heavy (non-hydrogen) atoms. The number of rotatable bonds is 2. The molecule has 0 unspecified atom stereocenters. The van der Waals surface area contributed by atoms with Gasteiger partial charge in [0.05, 0.1) is 35.1 Å². The molecule has 3 aliphatic carbocycles. The summed E-state index contributed by atoms with van der Waals surface area (Å²) in [5.41, 5.74) is -0.350. The number of Topliss-reactive ketones (excluding diaryl/α,β-unsaturated/α-hetero) is 4. The van der Waals surface area contributed by atoms with Gasteiger partial charge in [0.15, 0.2) is 34.7 Å². The van der Waals surface area contributed by atoms with E-state index in [9.17, 15) is 44.4 Å². The number of hydrogen-bond donors (Lipinski definition) is 5. The molecule has 6 N–H and O–H groups in total. The third-order valence-electron chi connectivity index (χ3n) is 7.40. The quantitative estimate of drug-likeness (QED) is 0.294. The summed E-state index contributed by atoms with van der Waals surface area (Å²) in [6.45, 7) is 1.24. The van der Waals surface area contributed by atoms with Crippen molar-refractivity contribution in [2.45, 2.75) is 30.3 Å². The molecule has 0 heterocycles. The lowest BCUT2D eigenvalue weighted by molar-refractivity contribution is -0.210. The van der Waals surface area contributed by atoms with Crippen LogP contribution in [0.5, 0.6) is 5.75 Å². The Morgan fingerprint density at radius 2 is 1.67 bits per heavy atom. The van der Waals surface area contributed by atoms with Crippen LogP contribution in [0.25, 0.3) is 0 Å². The van der Waals surface area contributed by atoms with Crippen molar-refractivity contribution >= 4 is 29.0 Å². The lowest BCUT2D eigenvalue weighted by atomic mass is 9.48. The van der Waals surface area contributed by atoms with Crippen LogP contribution in [0, 0.1) is 23.7 Å². The van der Waals surface area contributed by atoms with Gasteiger partial charge in [-0.1, -0.05) is 12.1 Å². The van der Waals surface area contributed by atoms with Crippen LogP contribution in [0.15, 0.2) is 18.2 Å². The van der Waals surface area contributed by atoms with E-state index in [2.05, 4.69) is 0 Å². The van der Waals surface area contributed by atoms with Gasteiger partial charge in [0.2, 0.25) is 5.91 Å². The summed E-state index contributed by atoms with van der Waals surface area (Å²) in [5.74, 6) is -14.2. The molecule has 11 heteroatoms. The zero-order valence-electron chi connectivity index (χ0n) is 18.1. The molecule has 0 radical (unpaired) electrons. The first-order chi connectivity index (χ1) is 15.2. The Hall–Kier alpha value is -2.99. The minimum Gasteiger partial charge on any atom is -0.507 e.